The summed E-state index contributed by atoms with van der Waals surface area (Å²) in [7, 11) is -4.67. The zero-order valence-electron chi connectivity index (χ0n) is 17.5. The first-order valence-corrected chi connectivity index (χ1v) is 11.8. The fourth-order valence-corrected chi connectivity index (χ4v) is 4.42. The number of hydrogen-bond acceptors (Lipinski definition) is 5. The number of para-hydroxylation sites is 1. The molecule has 11 heteroatoms. The monoisotopic (exact) mass is 476 g/mol. The molecule has 0 radical (unpaired) electrons. The number of rotatable bonds is 6. The number of nitrogens with zero attached hydrogens (tertiary/aromatic N) is 2. The summed E-state index contributed by atoms with van der Waals surface area (Å²) in [6, 6.07) is 14.1. The summed E-state index contributed by atoms with van der Waals surface area (Å²) in [4.78, 5) is 31.4. The SMILES string of the molecule is O=C(CN1CCN(C(=O)c2cc3ccccc3[nH]2)CC1)Nc1ccc(S(=O)(=O)C(F)F)cc1. The first kappa shape index (κ1) is 22.9. The van der Waals surface area contributed by atoms with E-state index in [0.717, 1.165) is 23.0 Å². The van der Waals surface area contributed by atoms with E-state index >= 15 is 0 Å². The van der Waals surface area contributed by atoms with Crippen LogP contribution in [0.1, 0.15) is 10.5 Å². The van der Waals surface area contributed by atoms with Gasteiger partial charge in [-0.25, -0.2) is 8.42 Å². The molecule has 1 aromatic heterocycles. The van der Waals surface area contributed by atoms with Crippen molar-refractivity contribution >= 4 is 38.2 Å². The molecule has 0 aliphatic carbocycles. The molecule has 2 heterocycles. The number of H-pyrrole nitrogens is 1. The number of piperazine rings is 1. The van der Waals surface area contributed by atoms with E-state index in [0.29, 0.717) is 37.6 Å². The molecule has 1 saturated heterocycles. The number of aromatic amines is 1. The summed E-state index contributed by atoms with van der Waals surface area (Å²) in [6.07, 6.45) is 0. The van der Waals surface area contributed by atoms with Gasteiger partial charge in [-0.2, -0.15) is 8.78 Å². The molecule has 1 aliphatic heterocycles. The van der Waals surface area contributed by atoms with Crippen molar-refractivity contribution in [3.63, 3.8) is 0 Å². The van der Waals surface area contributed by atoms with Gasteiger partial charge in [0.05, 0.1) is 11.4 Å². The number of anilines is 1. The Balaban J connectivity index is 1.28. The van der Waals surface area contributed by atoms with E-state index in [4.69, 9.17) is 0 Å². The van der Waals surface area contributed by atoms with Gasteiger partial charge in [0.1, 0.15) is 5.69 Å². The van der Waals surface area contributed by atoms with E-state index in [1.807, 2.05) is 35.2 Å². The quantitative estimate of drug-likeness (QED) is 0.569. The molecule has 0 bridgehead atoms. The van der Waals surface area contributed by atoms with Gasteiger partial charge in [0.2, 0.25) is 15.7 Å². The van der Waals surface area contributed by atoms with E-state index in [-0.39, 0.29) is 18.4 Å². The van der Waals surface area contributed by atoms with Gasteiger partial charge in [0.15, 0.2) is 0 Å². The van der Waals surface area contributed by atoms with Crippen molar-refractivity contribution in [3.8, 4) is 0 Å². The molecule has 1 fully saturated rings. The Morgan fingerprint density at radius 1 is 1.00 bits per heavy atom. The number of amides is 2. The van der Waals surface area contributed by atoms with Gasteiger partial charge in [0.25, 0.3) is 5.91 Å². The maximum atomic E-state index is 12.8. The predicted octanol–water partition coefficient (Wildman–Crippen LogP) is 2.56. The van der Waals surface area contributed by atoms with Crippen molar-refractivity contribution in [1.82, 2.24) is 14.8 Å². The Bertz CT molecular complexity index is 1230. The van der Waals surface area contributed by atoms with Gasteiger partial charge < -0.3 is 15.2 Å². The van der Waals surface area contributed by atoms with Crippen LogP contribution >= 0.6 is 0 Å². The van der Waals surface area contributed by atoms with Crippen molar-refractivity contribution in [1.29, 1.82) is 0 Å². The molecule has 174 valence electrons. The van der Waals surface area contributed by atoms with E-state index < -0.39 is 20.5 Å². The number of sulfone groups is 1. The Morgan fingerprint density at radius 2 is 1.67 bits per heavy atom. The number of aromatic nitrogens is 1. The summed E-state index contributed by atoms with van der Waals surface area (Å²) in [5, 5.41) is 3.59. The molecule has 8 nitrogen and oxygen atoms in total. The van der Waals surface area contributed by atoms with Gasteiger partial charge >= 0.3 is 5.76 Å². The van der Waals surface area contributed by atoms with Crippen LogP contribution in [0.5, 0.6) is 0 Å². The molecule has 0 unspecified atom stereocenters. The Hall–Kier alpha value is -3.31. The molecule has 3 aromatic rings. The number of halogens is 2. The van der Waals surface area contributed by atoms with Crippen LogP contribution in [0.25, 0.3) is 10.9 Å². The highest BCUT2D eigenvalue weighted by Crippen LogP contribution is 2.20. The number of benzene rings is 2. The van der Waals surface area contributed by atoms with Crippen molar-refractivity contribution in [3.05, 3.63) is 60.3 Å². The second kappa shape index (κ2) is 9.28. The van der Waals surface area contributed by atoms with Crippen LogP contribution < -0.4 is 5.32 Å². The zero-order chi connectivity index (χ0) is 23.6. The molecule has 0 saturated carbocycles. The highest BCUT2D eigenvalue weighted by atomic mass is 32.2. The van der Waals surface area contributed by atoms with Crippen LogP contribution in [0.15, 0.2) is 59.5 Å². The number of carbonyl (C=O) groups is 2. The van der Waals surface area contributed by atoms with Crippen molar-refractivity contribution in [2.75, 3.05) is 38.0 Å². The molecular weight excluding hydrogens is 454 g/mol. The second-order valence-corrected chi connectivity index (χ2v) is 9.63. The lowest BCUT2D eigenvalue weighted by Gasteiger charge is -2.34. The lowest BCUT2D eigenvalue weighted by molar-refractivity contribution is -0.117. The fourth-order valence-electron chi connectivity index (χ4n) is 3.70. The van der Waals surface area contributed by atoms with E-state index in [1.54, 1.807) is 4.90 Å². The van der Waals surface area contributed by atoms with Gasteiger partial charge in [0, 0.05) is 42.8 Å². The lowest BCUT2D eigenvalue weighted by atomic mass is 10.2. The van der Waals surface area contributed by atoms with Crippen molar-refractivity contribution < 1.29 is 26.8 Å². The standard InChI is InChI=1S/C22H22F2N4O4S/c23-22(24)33(31,32)17-7-5-16(6-8-17)25-20(29)14-27-9-11-28(12-10-27)21(30)19-13-15-3-1-2-4-18(15)26-19/h1-8,13,22,26H,9-12,14H2,(H,25,29). The first-order valence-electron chi connectivity index (χ1n) is 10.3. The summed E-state index contributed by atoms with van der Waals surface area (Å²) < 4.78 is 48.1. The highest BCUT2D eigenvalue weighted by molar-refractivity contribution is 7.91. The predicted molar refractivity (Wildman–Crippen MR) is 119 cm³/mol. The van der Waals surface area contributed by atoms with Crippen LogP contribution in [0.2, 0.25) is 0 Å². The minimum atomic E-state index is -4.67. The number of fused-ring (bicyclic) bond motifs is 1. The average Bonchev–Trinajstić information content (AvgIpc) is 3.23. The molecule has 2 N–H and O–H groups in total. The number of alkyl halides is 2. The summed E-state index contributed by atoms with van der Waals surface area (Å²) >= 11 is 0. The Morgan fingerprint density at radius 3 is 2.30 bits per heavy atom. The maximum absolute atomic E-state index is 12.8. The fraction of sp³-hybridized carbons (Fsp3) is 0.273. The van der Waals surface area contributed by atoms with Crippen molar-refractivity contribution in [2.24, 2.45) is 0 Å². The molecule has 0 spiro atoms. The van der Waals surface area contributed by atoms with Crippen LogP contribution in [-0.2, 0) is 14.6 Å². The van der Waals surface area contributed by atoms with E-state index in [2.05, 4.69) is 10.3 Å². The third kappa shape index (κ3) is 5.04. The number of carbonyl (C=O) groups excluding carboxylic acids is 2. The average molecular weight is 477 g/mol. The normalized spacial score (nSPS) is 15.2. The zero-order valence-corrected chi connectivity index (χ0v) is 18.3. The molecule has 2 aromatic carbocycles. The summed E-state index contributed by atoms with van der Waals surface area (Å²) in [6.45, 7) is 2.07. The summed E-state index contributed by atoms with van der Waals surface area (Å²) in [5.74, 6) is -3.91. The van der Waals surface area contributed by atoms with Crippen LogP contribution in [0.4, 0.5) is 14.5 Å². The Kier molecular flexibility index (Phi) is 6.43. The van der Waals surface area contributed by atoms with E-state index in [1.165, 1.54) is 12.1 Å². The minimum Gasteiger partial charge on any atom is -0.351 e. The van der Waals surface area contributed by atoms with Crippen molar-refractivity contribution in [2.45, 2.75) is 10.7 Å². The topological polar surface area (TPSA) is 103 Å². The maximum Gasteiger partial charge on any atom is 0.341 e. The molecule has 0 atom stereocenters. The molecule has 2 amide bonds. The molecule has 4 rings (SSSR count). The van der Waals surface area contributed by atoms with Gasteiger partial charge in [-0.3, -0.25) is 14.5 Å². The second-order valence-electron chi connectivity index (χ2n) is 7.72. The molecule has 1 aliphatic rings. The lowest BCUT2D eigenvalue weighted by Crippen LogP contribution is -2.50. The largest absolute Gasteiger partial charge is 0.351 e. The first-order chi connectivity index (χ1) is 15.7. The Labute approximate surface area is 189 Å². The highest BCUT2D eigenvalue weighted by Gasteiger charge is 2.27. The summed E-state index contributed by atoms with van der Waals surface area (Å²) in [5.41, 5.74) is 1.73. The van der Waals surface area contributed by atoms with Crippen LogP contribution in [-0.4, -0.2) is 73.5 Å². The van der Waals surface area contributed by atoms with Gasteiger partial charge in [-0.1, -0.05) is 18.2 Å². The van der Waals surface area contributed by atoms with Crippen LogP contribution in [0, 0.1) is 0 Å². The van der Waals surface area contributed by atoms with Crippen LogP contribution in [0.3, 0.4) is 0 Å². The van der Waals surface area contributed by atoms with Gasteiger partial charge in [-0.15, -0.1) is 0 Å². The molecule has 33 heavy (non-hydrogen) atoms. The number of nitrogens with one attached hydrogen (secondary N) is 2. The smallest absolute Gasteiger partial charge is 0.341 e. The minimum absolute atomic E-state index is 0.0888. The third-order valence-electron chi connectivity index (χ3n) is 5.49. The number of hydrogen-bond donors (Lipinski definition) is 2. The molecular formula is C22H22F2N4O4S. The van der Waals surface area contributed by atoms with Gasteiger partial charge in [-0.05, 0) is 36.4 Å². The van der Waals surface area contributed by atoms with E-state index in [9.17, 15) is 26.8 Å². The third-order valence-corrected chi connectivity index (χ3v) is 6.89.